The summed E-state index contributed by atoms with van der Waals surface area (Å²) >= 11 is 0. The average Bonchev–Trinajstić information content (AvgIpc) is 2.73. The second-order valence-electron chi connectivity index (χ2n) is 7.05. The highest BCUT2D eigenvalue weighted by molar-refractivity contribution is 5.92. The van der Waals surface area contributed by atoms with Gasteiger partial charge in [0, 0.05) is 5.56 Å². The smallest absolute Gasteiger partial charge is 0.126 e. The molecule has 0 radical (unpaired) electrons. The van der Waals surface area contributed by atoms with Gasteiger partial charge in [-0.1, -0.05) is 66.7 Å². The maximum absolute atomic E-state index is 11.0. The predicted octanol–water partition coefficient (Wildman–Crippen LogP) is 6.72. The molecule has 4 rings (SSSR count). The quantitative estimate of drug-likeness (QED) is 0.423. The number of rotatable bonds is 3. The Morgan fingerprint density at radius 3 is 1.79 bits per heavy atom. The molecule has 0 unspecified atom stereocenters. The van der Waals surface area contributed by atoms with E-state index >= 15 is 0 Å². The summed E-state index contributed by atoms with van der Waals surface area (Å²) in [4.78, 5) is 0. The highest BCUT2D eigenvalue weighted by Gasteiger charge is 2.18. The standard InChI is InChI=1S/C26H22O2/c1-17-15-21(13-14-24(17)27)22-16-23(19-9-5-3-6-10-19)26(28)18(2)25(22)20-11-7-4-8-12-20/h3-16,27-28H,1-2H3. The molecule has 0 aromatic heterocycles. The van der Waals surface area contributed by atoms with Crippen molar-refractivity contribution in [3.8, 4) is 44.9 Å². The van der Waals surface area contributed by atoms with Crippen LogP contribution in [0, 0.1) is 13.8 Å². The summed E-state index contributed by atoms with van der Waals surface area (Å²) in [7, 11) is 0. The molecule has 0 saturated carbocycles. The van der Waals surface area contributed by atoms with Gasteiger partial charge in [0.15, 0.2) is 0 Å². The number of hydrogen-bond donors (Lipinski definition) is 2. The zero-order valence-electron chi connectivity index (χ0n) is 16.0. The lowest BCUT2D eigenvalue weighted by molar-refractivity contribution is 0.471. The third-order valence-electron chi connectivity index (χ3n) is 5.20. The molecule has 0 aliphatic carbocycles. The zero-order chi connectivity index (χ0) is 19.7. The van der Waals surface area contributed by atoms with Gasteiger partial charge < -0.3 is 10.2 Å². The summed E-state index contributed by atoms with van der Waals surface area (Å²) in [5.74, 6) is 0.577. The van der Waals surface area contributed by atoms with Crippen molar-refractivity contribution in [2.45, 2.75) is 13.8 Å². The molecule has 0 aliphatic heterocycles. The Bertz CT molecular complexity index is 1130. The predicted molar refractivity (Wildman–Crippen MR) is 116 cm³/mol. The fraction of sp³-hybridized carbons (Fsp3) is 0.0769. The summed E-state index contributed by atoms with van der Waals surface area (Å²) in [5.41, 5.74) is 7.53. The molecule has 4 aromatic rings. The molecule has 0 aliphatic rings. The van der Waals surface area contributed by atoms with E-state index in [0.717, 1.165) is 44.5 Å². The number of hydrogen-bond acceptors (Lipinski definition) is 2. The minimum Gasteiger partial charge on any atom is -0.508 e. The van der Waals surface area contributed by atoms with Gasteiger partial charge in [0.25, 0.3) is 0 Å². The molecule has 0 atom stereocenters. The molecular formula is C26H22O2. The summed E-state index contributed by atoms with van der Waals surface area (Å²) in [6, 6.07) is 27.7. The van der Waals surface area contributed by atoms with E-state index in [1.54, 1.807) is 6.07 Å². The molecular weight excluding hydrogens is 344 g/mol. The second-order valence-corrected chi connectivity index (χ2v) is 7.05. The Kier molecular flexibility index (Phi) is 4.62. The van der Waals surface area contributed by atoms with Gasteiger partial charge in [0.1, 0.15) is 11.5 Å². The van der Waals surface area contributed by atoms with Gasteiger partial charge in [-0.25, -0.2) is 0 Å². The van der Waals surface area contributed by atoms with Gasteiger partial charge in [-0.3, -0.25) is 0 Å². The van der Waals surface area contributed by atoms with E-state index in [1.807, 2.05) is 80.6 Å². The van der Waals surface area contributed by atoms with Crippen LogP contribution in [0.25, 0.3) is 33.4 Å². The van der Waals surface area contributed by atoms with E-state index in [9.17, 15) is 10.2 Å². The minimum absolute atomic E-state index is 0.281. The number of aryl methyl sites for hydroxylation is 1. The van der Waals surface area contributed by atoms with Gasteiger partial charge in [-0.15, -0.1) is 0 Å². The van der Waals surface area contributed by atoms with Crippen molar-refractivity contribution >= 4 is 0 Å². The molecule has 0 spiro atoms. The highest BCUT2D eigenvalue weighted by atomic mass is 16.3. The van der Waals surface area contributed by atoms with Gasteiger partial charge in [0.05, 0.1) is 0 Å². The van der Waals surface area contributed by atoms with Crippen LogP contribution in [-0.2, 0) is 0 Å². The number of aromatic hydroxyl groups is 2. The van der Waals surface area contributed by atoms with Crippen molar-refractivity contribution in [3.63, 3.8) is 0 Å². The van der Waals surface area contributed by atoms with Crippen molar-refractivity contribution < 1.29 is 10.2 Å². The van der Waals surface area contributed by atoms with Crippen LogP contribution >= 0.6 is 0 Å². The Balaban J connectivity index is 2.05. The first kappa shape index (κ1) is 17.9. The first-order chi connectivity index (χ1) is 13.6. The van der Waals surface area contributed by atoms with Gasteiger partial charge >= 0.3 is 0 Å². The monoisotopic (exact) mass is 366 g/mol. The summed E-state index contributed by atoms with van der Waals surface area (Å²) < 4.78 is 0. The van der Waals surface area contributed by atoms with E-state index in [1.165, 1.54) is 0 Å². The number of phenolic OH excluding ortho intramolecular Hbond substituents is 2. The van der Waals surface area contributed by atoms with Crippen LogP contribution in [0.2, 0.25) is 0 Å². The van der Waals surface area contributed by atoms with Crippen LogP contribution in [-0.4, -0.2) is 10.2 Å². The van der Waals surface area contributed by atoms with Crippen molar-refractivity contribution in [2.75, 3.05) is 0 Å². The Hall–Kier alpha value is -3.52. The summed E-state index contributed by atoms with van der Waals surface area (Å²) in [6.45, 7) is 3.85. The van der Waals surface area contributed by atoms with E-state index < -0.39 is 0 Å². The van der Waals surface area contributed by atoms with Gasteiger partial charge in [-0.05, 0) is 71.0 Å². The molecule has 138 valence electrons. The Morgan fingerprint density at radius 2 is 1.18 bits per heavy atom. The number of benzene rings is 4. The first-order valence-electron chi connectivity index (χ1n) is 9.33. The van der Waals surface area contributed by atoms with Crippen LogP contribution in [0.5, 0.6) is 11.5 Å². The molecule has 0 heterocycles. The Morgan fingerprint density at radius 1 is 0.571 bits per heavy atom. The first-order valence-corrected chi connectivity index (χ1v) is 9.33. The second kappa shape index (κ2) is 7.24. The van der Waals surface area contributed by atoms with Crippen LogP contribution in [0.3, 0.4) is 0 Å². The third kappa shape index (κ3) is 3.14. The Labute approximate surface area is 165 Å². The van der Waals surface area contributed by atoms with E-state index in [-0.39, 0.29) is 5.75 Å². The molecule has 0 bridgehead atoms. The molecule has 28 heavy (non-hydrogen) atoms. The molecule has 0 fully saturated rings. The summed E-state index contributed by atoms with van der Waals surface area (Å²) in [6.07, 6.45) is 0. The third-order valence-corrected chi connectivity index (χ3v) is 5.20. The fourth-order valence-corrected chi connectivity index (χ4v) is 3.67. The SMILES string of the molecule is Cc1cc(-c2cc(-c3ccccc3)c(O)c(C)c2-c2ccccc2)ccc1O. The lowest BCUT2D eigenvalue weighted by Gasteiger charge is -2.19. The normalized spacial score (nSPS) is 10.8. The zero-order valence-corrected chi connectivity index (χ0v) is 16.0. The van der Waals surface area contributed by atoms with E-state index in [2.05, 4.69) is 12.1 Å². The molecule has 4 aromatic carbocycles. The maximum atomic E-state index is 11.0. The van der Waals surface area contributed by atoms with Crippen molar-refractivity contribution in [2.24, 2.45) is 0 Å². The topological polar surface area (TPSA) is 40.5 Å². The van der Waals surface area contributed by atoms with Gasteiger partial charge in [-0.2, -0.15) is 0 Å². The minimum atomic E-state index is 0.281. The lowest BCUT2D eigenvalue weighted by atomic mass is 9.86. The largest absolute Gasteiger partial charge is 0.508 e. The average molecular weight is 366 g/mol. The molecule has 2 heteroatoms. The summed E-state index contributed by atoms with van der Waals surface area (Å²) in [5, 5.41) is 21.0. The highest BCUT2D eigenvalue weighted by Crippen LogP contribution is 2.44. The fourth-order valence-electron chi connectivity index (χ4n) is 3.67. The lowest BCUT2D eigenvalue weighted by Crippen LogP contribution is -1.94. The van der Waals surface area contributed by atoms with E-state index in [4.69, 9.17) is 0 Å². The molecule has 2 N–H and O–H groups in total. The van der Waals surface area contributed by atoms with Crippen LogP contribution in [0.4, 0.5) is 0 Å². The van der Waals surface area contributed by atoms with Crippen molar-refractivity contribution in [1.82, 2.24) is 0 Å². The van der Waals surface area contributed by atoms with Gasteiger partial charge in [0.2, 0.25) is 0 Å². The molecule has 0 saturated heterocycles. The van der Waals surface area contributed by atoms with Crippen molar-refractivity contribution in [3.05, 3.63) is 96.1 Å². The molecule has 0 amide bonds. The van der Waals surface area contributed by atoms with Crippen LogP contribution in [0.15, 0.2) is 84.9 Å². The maximum Gasteiger partial charge on any atom is 0.126 e. The van der Waals surface area contributed by atoms with Crippen LogP contribution in [0.1, 0.15) is 11.1 Å². The van der Waals surface area contributed by atoms with E-state index in [0.29, 0.717) is 5.75 Å². The van der Waals surface area contributed by atoms with Crippen LogP contribution < -0.4 is 0 Å². The molecule has 2 nitrogen and oxygen atoms in total. The van der Waals surface area contributed by atoms with Crippen molar-refractivity contribution in [1.29, 1.82) is 0 Å². The number of phenols is 2.